The monoisotopic (exact) mass is 250 g/mol. The second kappa shape index (κ2) is 5.52. The molecule has 100 valence electrons. The molecule has 1 aromatic rings. The van der Waals surface area contributed by atoms with E-state index in [4.69, 9.17) is 0 Å². The highest BCUT2D eigenvalue weighted by atomic mass is 16.2. The van der Waals surface area contributed by atoms with Crippen LogP contribution in [0.4, 0.5) is 4.79 Å². The molecule has 2 heterocycles. The van der Waals surface area contributed by atoms with E-state index in [0.29, 0.717) is 6.04 Å². The fraction of sp³-hybridized carbons (Fsp3) is 0.692. The smallest absolute Gasteiger partial charge is 0.324 e. The number of carbonyl (C=O) groups excluding carboxylic acids is 1. The molecule has 0 aromatic carbocycles. The average Bonchev–Trinajstić information content (AvgIpc) is 2.84. The first-order valence-corrected chi connectivity index (χ1v) is 6.62. The summed E-state index contributed by atoms with van der Waals surface area (Å²) < 4.78 is 1.57. The lowest BCUT2D eigenvalue weighted by Crippen LogP contribution is -2.46. The molecule has 1 aromatic heterocycles. The number of imidazole rings is 1. The van der Waals surface area contributed by atoms with Crippen molar-refractivity contribution in [1.82, 2.24) is 19.4 Å². The molecular weight excluding hydrogens is 228 g/mol. The maximum atomic E-state index is 12.2. The Morgan fingerprint density at radius 2 is 2.17 bits per heavy atom. The topological polar surface area (TPSA) is 41.4 Å². The molecule has 1 aliphatic heterocycles. The van der Waals surface area contributed by atoms with Crippen molar-refractivity contribution in [3.63, 3.8) is 0 Å². The highest BCUT2D eigenvalue weighted by Gasteiger charge is 2.25. The first-order valence-electron chi connectivity index (χ1n) is 6.62. The maximum absolute atomic E-state index is 12.2. The number of carbonyl (C=O) groups is 1. The van der Waals surface area contributed by atoms with Crippen molar-refractivity contribution in [1.29, 1.82) is 0 Å². The van der Waals surface area contributed by atoms with E-state index in [9.17, 15) is 4.79 Å². The first-order chi connectivity index (χ1) is 8.61. The Morgan fingerprint density at radius 1 is 1.50 bits per heavy atom. The minimum atomic E-state index is 0.0190. The van der Waals surface area contributed by atoms with Gasteiger partial charge >= 0.3 is 6.03 Å². The van der Waals surface area contributed by atoms with Crippen molar-refractivity contribution < 1.29 is 4.79 Å². The average molecular weight is 250 g/mol. The molecular formula is C13H22N4O. The summed E-state index contributed by atoms with van der Waals surface area (Å²) in [6, 6.07) is 0.369. The Kier molecular flexibility index (Phi) is 4.01. The van der Waals surface area contributed by atoms with Gasteiger partial charge in [-0.25, -0.2) is 9.78 Å². The van der Waals surface area contributed by atoms with Crippen LogP contribution >= 0.6 is 0 Å². The molecule has 0 aliphatic carbocycles. The summed E-state index contributed by atoms with van der Waals surface area (Å²) in [6.07, 6.45) is 5.49. The number of piperidine rings is 1. The molecule has 0 bridgehead atoms. The van der Waals surface area contributed by atoms with E-state index in [1.807, 2.05) is 18.9 Å². The highest BCUT2D eigenvalue weighted by Crippen LogP contribution is 2.16. The van der Waals surface area contributed by atoms with Gasteiger partial charge in [0.15, 0.2) is 0 Å². The number of hydrogen-bond donors (Lipinski definition) is 0. The number of rotatable bonds is 2. The molecule has 18 heavy (non-hydrogen) atoms. The Morgan fingerprint density at radius 3 is 2.67 bits per heavy atom. The zero-order valence-electron chi connectivity index (χ0n) is 11.5. The number of likely N-dealkylation sites (tertiary alicyclic amines) is 1. The predicted octanol–water partition coefficient (Wildman–Crippen LogP) is 1.58. The molecule has 5 nitrogen and oxygen atoms in total. The van der Waals surface area contributed by atoms with Crippen LogP contribution in [0.25, 0.3) is 0 Å². The van der Waals surface area contributed by atoms with Crippen LogP contribution in [0.5, 0.6) is 0 Å². The Labute approximate surface area is 108 Å². The first kappa shape index (κ1) is 13.1. The molecule has 1 fully saturated rings. The third kappa shape index (κ3) is 2.72. The molecule has 0 spiro atoms. The molecule has 1 saturated heterocycles. The summed E-state index contributed by atoms with van der Waals surface area (Å²) in [5.74, 6) is 0. The molecule has 2 rings (SSSR count). The van der Waals surface area contributed by atoms with Crippen molar-refractivity contribution in [3.05, 3.63) is 18.2 Å². The molecule has 0 saturated carbocycles. The zero-order chi connectivity index (χ0) is 13.1. The van der Waals surface area contributed by atoms with E-state index in [1.165, 1.54) is 0 Å². The van der Waals surface area contributed by atoms with Gasteiger partial charge in [-0.1, -0.05) is 6.92 Å². The van der Waals surface area contributed by atoms with Crippen LogP contribution in [0.1, 0.15) is 25.5 Å². The van der Waals surface area contributed by atoms with E-state index in [2.05, 4.69) is 16.8 Å². The lowest BCUT2D eigenvalue weighted by molar-refractivity contribution is 0.139. The molecule has 5 heteroatoms. The van der Waals surface area contributed by atoms with Gasteiger partial charge in [0.2, 0.25) is 0 Å². The van der Waals surface area contributed by atoms with E-state index in [0.717, 1.165) is 38.2 Å². The fourth-order valence-corrected chi connectivity index (χ4v) is 2.49. The molecule has 0 atom stereocenters. The van der Waals surface area contributed by atoms with Gasteiger partial charge in [-0.3, -0.25) is 4.57 Å². The molecule has 0 unspecified atom stereocenters. The Bertz CT molecular complexity index is 407. The SMILES string of the molecule is CCN1CCC(N(C)C(=O)n2cnc(C)c2)CC1. The standard InChI is InChI=1S/C13H22N4O/c1-4-16-7-5-12(6-8-16)15(3)13(18)17-9-11(2)14-10-17/h9-10,12H,4-8H2,1-3H3. The Hall–Kier alpha value is -1.36. The molecule has 1 amide bonds. The minimum absolute atomic E-state index is 0.0190. The third-order valence-corrected chi connectivity index (χ3v) is 3.79. The second-order valence-corrected chi connectivity index (χ2v) is 4.98. The van der Waals surface area contributed by atoms with Crippen LogP contribution in [0.2, 0.25) is 0 Å². The largest absolute Gasteiger partial charge is 0.329 e. The number of amides is 1. The predicted molar refractivity (Wildman–Crippen MR) is 70.7 cm³/mol. The molecule has 0 N–H and O–H groups in total. The summed E-state index contributed by atoms with van der Waals surface area (Å²) in [5.41, 5.74) is 0.873. The molecule has 1 aliphatic rings. The van der Waals surface area contributed by atoms with Crippen LogP contribution in [-0.4, -0.2) is 58.1 Å². The number of nitrogens with zero attached hydrogens (tertiary/aromatic N) is 4. The van der Waals surface area contributed by atoms with Crippen molar-refractivity contribution in [3.8, 4) is 0 Å². The van der Waals surface area contributed by atoms with Crippen LogP contribution < -0.4 is 0 Å². The maximum Gasteiger partial charge on any atom is 0.329 e. The summed E-state index contributed by atoms with van der Waals surface area (Å²) in [5, 5.41) is 0. The number of hydrogen-bond acceptors (Lipinski definition) is 3. The minimum Gasteiger partial charge on any atom is -0.324 e. The molecule has 0 radical (unpaired) electrons. The van der Waals surface area contributed by atoms with Gasteiger partial charge in [0.1, 0.15) is 6.33 Å². The fourth-order valence-electron chi connectivity index (χ4n) is 2.49. The summed E-state index contributed by atoms with van der Waals surface area (Å²) in [7, 11) is 1.89. The van der Waals surface area contributed by atoms with Gasteiger partial charge in [-0.2, -0.15) is 0 Å². The van der Waals surface area contributed by atoms with E-state index >= 15 is 0 Å². The highest BCUT2D eigenvalue weighted by molar-refractivity contribution is 5.76. The van der Waals surface area contributed by atoms with Crippen molar-refractivity contribution in [2.45, 2.75) is 32.7 Å². The van der Waals surface area contributed by atoms with Gasteiger partial charge in [-0.15, -0.1) is 0 Å². The van der Waals surface area contributed by atoms with Crippen molar-refractivity contribution in [2.24, 2.45) is 0 Å². The van der Waals surface area contributed by atoms with E-state index < -0.39 is 0 Å². The van der Waals surface area contributed by atoms with Gasteiger partial charge in [0, 0.05) is 32.4 Å². The second-order valence-electron chi connectivity index (χ2n) is 4.98. The number of aromatic nitrogens is 2. The van der Waals surface area contributed by atoms with Crippen LogP contribution in [-0.2, 0) is 0 Å². The van der Waals surface area contributed by atoms with Gasteiger partial charge < -0.3 is 9.80 Å². The lowest BCUT2D eigenvalue weighted by Gasteiger charge is -2.36. The van der Waals surface area contributed by atoms with Gasteiger partial charge in [0.25, 0.3) is 0 Å². The quantitative estimate of drug-likeness (QED) is 0.800. The van der Waals surface area contributed by atoms with Crippen LogP contribution in [0.3, 0.4) is 0 Å². The van der Waals surface area contributed by atoms with Crippen LogP contribution in [0.15, 0.2) is 12.5 Å². The third-order valence-electron chi connectivity index (χ3n) is 3.79. The van der Waals surface area contributed by atoms with Crippen LogP contribution in [0, 0.1) is 6.92 Å². The summed E-state index contributed by atoms with van der Waals surface area (Å²) in [4.78, 5) is 20.6. The van der Waals surface area contributed by atoms with E-state index in [1.54, 1.807) is 17.1 Å². The normalized spacial score (nSPS) is 17.9. The van der Waals surface area contributed by atoms with Crippen molar-refractivity contribution in [2.75, 3.05) is 26.7 Å². The zero-order valence-corrected chi connectivity index (χ0v) is 11.5. The Balaban J connectivity index is 1.95. The summed E-state index contributed by atoms with van der Waals surface area (Å²) >= 11 is 0. The number of aryl methyl sites for hydroxylation is 1. The van der Waals surface area contributed by atoms with Gasteiger partial charge in [0.05, 0.1) is 5.69 Å². The van der Waals surface area contributed by atoms with Gasteiger partial charge in [-0.05, 0) is 26.3 Å². The van der Waals surface area contributed by atoms with Crippen molar-refractivity contribution >= 4 is 6.03 Å². The summed E-state index contributed by atoms with van der Waals surface area (Å²) in [6.45, 7) is 7.35. The lowest BCUT2D eigenvalue weighted by atomic mass is 10.0. The van der Waals surface area contributed by atoms with E-state index in [-0.39, 0.29) is 6.03 Å².